The minimum atomic E-state index is -0.855. The first-order valence-corrected chi connectivity index (χ1v) is 8.51. The molecule has 0 aliphatic carbocycles. The molecule has 2 aliphatic rings. The number of carbonyl (C=O) groups is 1. The summed E-state index contributed by atoms with van der Waals surface area (Å²) in [6.07, 6.45) is 2.49. The van der Waals surface area contributed by atoms with Crippen molar-refractivity contribution in [2.45, 2.75) is 31.8 Å². The molecule has 0 aromatic rings. The third-order valence-electron chi connectivity index (χ3n) is 3.80. The average molecular weight is 276 g/mol. The molecule has 3 nitrogen and oxygen atoms in total. The second kappa shape index (κ2) is 5.41. The Bertz CT molecular complexity index is 281. The zero-order valence-corrected chi connectivity index (χ0v) is 11.9. The number of hydrogen-bond acceptors (Lipinski definition) is 5. The van der Waals surface area contributed by atoms with Crippen LogP contribution in [0, 0.1) is 5.41 Å². The minimum absolute atomic E-state index is 0.185. The van der Waals surface area contributed by atoms with E-state index in [9.17, 15) is 9.90 Å². The van der Waals surface area contributed by atoms with Crippen LogP contribution in [-0.2, 0) is 9.53 Å². The number of hydrogen-bond donors (Lipinski definition) is 1. The van der Waals surface area contributed by atoms with E-state index in [0.29, 0.717) is 18.1 Å². The molecule has 0 bridgehead atoms. The second-order valence-electron chi connectivity index (χ2n) is 4.79. The quantitative estimate of drug-likeness (QED) is 0.798. The summed E-state index contributed by atoms with van der Waals surface area (Å²) in [4.78, 5) is 12.3. The van der Waals surface area contributed by atoms with Gasteiger partial charge in [-0.25, -0.2) is 0 Å². The molecule has 2 rings (SSSR count). The lowest BCUT2D eigenvalue weighted by atomic mass is 9.70. The molecule has 17 heavy (non-hydrogen) atoms. The Kier molecular flexibility index (Phi) is 4.31. The van der Waals surface area contributed by atoms with E-state index in [0.717, 1.165) is 30.8 Å². The maximum atomic E-state index is 12.3. The lowest BCUT2D eigenvalue weighted by Gasteiger charge is -2.44. The van der Waals surface area contributed by atoms with Gasteiger partial charge in [-0.05, 0) is 37.7 Å². The predicted octanol–water partition coefficient (Wildman–Crippen LogP) is 1.93. The number of rotatable bonds is 3. The molecule has 2 aliphatic heterocycles. The molecule has 2 unspecified atom stereocenters. The van der Waals surface area contributed by atoms with Gasteiger partial charge in [0.15, 0.2) is 0 Å². The van der Waals surface area contributed by atoms with E-state index in [1.54, 1.807) is 23.5 Å². The fourth-order valence-electron chi connectivity index (χ4n) is 2.71. The predicted molar refractivity (Wildman–Crippen MR) is 72.5 cm³/mol. The van der Waals surface area contributed by atoms with Crippen molar-refractivity contribution >= 4 is 29.5 Å². The Morgan fingerprint density at radius 3 is 2.59 bits per heavy atom. The highest BCUT2D eigenvalue weighted by Gasteiger charge is 2.58. The van der Waals surface area contributed by atoms with E-state index < -0.39 is 11.0 Å². The Morgan fingerprint density at radius 1 is 1.29 bits per heavy atom. The van der Waals surface area contributed by atoms with Gasteiger partial charge in [0.05, 0.1) is 12.2 Å². The van der Waals surface area contributed by atoms with Crippen molar-refractivity contribution < 1.29 is 14.6 Å². The van der Waals surface area contributed by atoms with Gasteiger partial charge >= 0.3 is 5.97 Å². The maximum Gasteiger partial charge on any atom is 0.315 e. The van der Waals surface area contributed by atoms with E-state index in [-0.39, 0.29) is 5.97 Å². The molecule has 2 heterocycles. The van der Waals surface area contributed by atoms with Crippen LogP contribution in [0.1, 0.15) is 26.2 Å². The fourth-order valence-corrected chi connectivity index (χ4v) is 5.48. The standard InChI is InChI=1S/C12H20O3S2/c1-2-15-10(13)11(5-7-17-8-11)12(14)4-3-6-16-9-12/h14H,2-9H2,1H3. The third kappa shape index (κ3) is 2.34. The monoisotopic (exact) mass is 276 g/mol. The highest BCUT2D eigenvalue weighted by atomic mass is 32.2. The van der Waals surface area contributed by atoms with Gasteiger partial charge in [-0.2, -0.15) is 23.5 Å². The molecule has 1 N–H and O–H groups in total. The highest BCUT2D eigenvalue weighted by molar-refractivity contribution is 7.99. The molecular formula is C12H20O3S2. The Hall–Kier alpha value is 0.130. The Balaban J connectivity index is 2.23. The van der Waals surface area contributed by atoms with Crippen molar-refractivity contribution in [3.05, 3.63) is 0 Å². The Labute approximate surface area is 111 Å². The first kappa shape index (κ1) is 13.6. The molecule has 0 saturated carbocycles. The van der Waals surface area contributed by atoms with Crippen molar-refractivity contribution in [2.75, 3.05) is 29.6 Å². The lowest BCUT2D eigenvalue weighted by Crippen LogP contribution is -2.57. The third-order valence-corrected chi connectivity index (χ3v) is 6.25. The van der Waals surface area contributed by atoms with Gasteiger partial charge in [0.1, 0.15) is 5.41 Å². The van der Waals surface area contributed by atoms with E-state index in [1.165, 1.54) is 0 Å². The number of carbonyl (C=O) groups excluding carboxylic acids is 1. The molecule has 0 spiro atoms. The van der Waals surface area contributed by atoms with Gasteiger partial charge in [0, 0.05) is 11.5 Å². The summed E-state index contributed by atoms with van der Waals surface area (Å²) < 4.78 is 5.23. The first-order valence-electron chi connectivity index (χ1n) is 6.20. The number of esters is 1. The van der Waals surface area contributed by atoms with Crippen molar-refractivity contribution in [3.8, 4) is 0 Å². The summed E-state index contributed by atoms with van der Waals surface area (Å²) >= 11 is 3.51. The molecule has 0 amide bonds. The van der Waals surface area contributed by atoms with Crippen LogP contribution in [0.3, 0.4) is 0 Å². The van der Waals surface area contributed by atoms with Crippen LogP contribution in [0.5, 0.6) is 0 Å². The van der Waals surface area contributed by atoms with Gasteiger partial charge in [-0.15, -0.1) is 0 Å². The normalized spacial score (nSPS) is 38.0. The smallest absolute Gasteiger partial charge is 0.315 e. The first-order chi connectivity index (χ1) is 8.15. The summed E-state index contributed by atoms with van der Waals surface area (Å²) in [6, 6.07) is 0. The van der Waals surface area contributed by atoms with Crippen molar-refractivity contribution in [1.29, 1.82) is 0 Å². The molecular weight excluding hydrogens is 256 g/mol. The largest absolute Gasteiger partial charge is 0.465 e. The summed E-state index contributed by atoms with van der Waals surface area (Å²) in [5.41, 5.74) is -1.51. The van der Waals surface area contributed by atoms with Gasteiger partial charge in [-0.3, -0.25) is 4.79 Å². The zero-order valence-electron chi connectivity index (χ0n) is 10.2. The van der Waals surface area contributed by atoms with Crippen LogP contribution in [0.25, 0.3) is 0 Å². The van der Waals surface area contributed by atoms with Crippen LogP contribution in [0.4, 0.5) is 0 Å². The maximum absolute atomic E-state index is 12.3. The van der Waals surface area contributed by atoms with Gasteiger partial charge in [-0.1, -0.05) is 0 Å². The molecule has 0 aromatic heterocycles. The highest BCUT2D eigenvalue weighted by Crippen LogP contribution is 2.50. The fraction of sp³-hybridized carbons (Fsp3) is 0.917. The van der Waals surface area contributed by atoms with Crippen molar-refractivity contribution in [1.82, 2.24) is 0 Å². The summed E-state index contributed by atoms with van der Waals surface area (Å²) in [7, 11) is 0. The molecule has 2 saturated heterocycles. The van der Waals surface area contributed by atoms with Crippen LogP contribution < -0.4 is 0 Å². The Morgan fingerprint density at radius 2 is 2.06 bits per heavy atom. The minimum Gasteiger partial charge on any atom is -0.465 e. The van der Waals surface area contributed by atoms with E-state index in [2.05, 4.69) is 0 Å². The molecule has 5 heteroatoms. The molecule has 0 aromatic carbocycles. The molecule has 2 fully saturated rings. The SMILES string of the molecule is CCOC(=O)C1(C2(O)CCCSC2)CCSC1. The van der Waals surface area contributed by atoms with Crippen LogP contribution >= 0.6 is 23.5 Å². The van der Waals surface area contributed by atoms with E-state index in [4.69, 9.17) is 4.74 Å². The average Bonchev–Trinajstić information content (AvgIpc) is 2.81. The van der Waals surface area contributed by atoms with Crippen molar-refractivity contribution in [3.63, 3.8) is 0 Å². The summed E-state index contributed by atoms with van der Waals surface area (Å²) in [6.45, 7) is 2.22. The topological polar surface area (TPSA) is 46.5 Å². The van der Waals surface area contributed by atoms with Gasteiger partial charge in [0.25, 0.3) is 0 Å². The van der Waals surface area contributed by atoms with Crippen LogP contribution in [0.2, 0.25) is 0 Å². The zero-order chi connectivity index (χ0) is 12.4. The summed E-state index contributed by atoms with van der Waals surface area (Å²) in [5, 5.41) is 10.9. The number of ether oxygens (including phenoxy) is 1. The van der Waals surface area contributed by atoms with E-state index in [1.807, 2.05) is 6.92 Å². The number of aliphatic hydroxyl groups is 1. The second-order valence-corrected chi connectivity index (χ2v) is 7.00. The molecule has 98 valence electrons. The van der Waals surface area contributed by atoms with Crippen LogP contribution in [0.15, 0.2) is 0 Å². The number of thioether (sulfide) groups is 2. The van der Waals surface area contributed by atoms with Crippen LogP contribution in [-0.4, -0.2) is 46.3 Å². The lowest BCUT2D eigenvalue weighted by molar-refractivity contribution is -0.170. The van der Waals surface area contributed by atoms with Gasteiger partial charge in [0.2, 0.25) is 0 Å². The summed E-state index contributed by atoms with van der Waals surface area (Å²) in [5.74, 6) is 3.24. The van der Waals surface area contributed by atoms with Crippen molar-refractivity contribution in [2.24, 2.45) is 5.41 Å². The van der Waals surface area contributed by atoms with Gasteiger partial charge < -0.3 is 9.84 Å². The molecule has 2 atom stereocenters. The molecule has 0 radical (unpaired) electrons. The van der Waals surface area contributed by atoms with E-state index >= 15 is 0 Å².